The van der Waals surface area contributed by atoms with E-state index in [0.29, 0.717) is 11.2 Å². The van der Waals surface area contributed by atoms with Crippen molar-refractivity contribution in [3.05, 3.63) is 59.7 Å². The Morgan fingerprint density at radius 2 is 1.78 bits per heavy atom. The number of nitrogens with zero attached hydrogens (tertiary/aromatic N) is 5. The number of imidazole rings is 1. The van der Waals surface area contributed by atoms with Crippen LogP contribution < -0.4 is 0 Å². The molecule has 5 rings (SSSR count). The van der Waals surface area contributed by atoms with Crippen molar-refractivity contribution in [2.75, 3.05) is 26.7 Å². The summed E-state index contributed by atoms with van der Waals surface area (Å²) < 4.78 is 8.18. The number of pyridine rings is 1. The molecule has 3 aromatic rings. The normalized spacial score (nSPS) is 20.7. The van der Waals surface area contributed by atoms with Gasteiger partial charge in [-0.1, -0.05) is 47.6 Å². The largest absolute Gasteiger partial charge is 0.364 e. The Kier molecular flexibility index (Phi) is 9.27. The van der Waals surface area contributed by atoms with Crippen LogP contribution in [0.1, 0.15) is 90.3 Å². The molecule has 2 aliphatic heterocycles. The van der Waals surface area contributed by atoms with E-state index in [0.717, 1.165) is 43.6 Å². The van der Waals surface area contributed by atoms with Crippen LogP contribution in [0.25, 0.3) is 11.0 Å². The van der Waals surface area contributed by atoms with Crippen LogP contribution in [-0.2, 0) is 22.1 Å². The van der Waals surface area contributed by atoms with E-state index in [1.54, 1.807) is 6.20 Å². The van der Waals surface area contributed by atoms with Crippen molar-refractivity contribution in [3.8, 4) is 0 Å². The fourth-order valence-electron chi connectivity index (χ4n) is 6.16. The van der Waals surface area contributed by atoms with Crippen LogP contribution in [0.15, 0.2) is 48.0 Å². The minimum absolute atomic E-state index is 0.0385. The molecule has 2 unspecified atom stereocenters. The Balaban J connectivity index is 1.21. The molecule has 0 saturated carbocycles. The zero-order chi connectivity index (χ0) is 29.2. The van der Waals surface area contributed by atoms with E-state index in [1.807, 2.05) is 37.5 Å². The summed E-state index contributed by atoms with van der Waals surface area (Å²) in [6, 6.07) is 9.23. The Labute approximate surface area is 251 Å². The number of aliphatic imine (C=N–C) groups is 1. The van der Waals surface area contributed by atoms with Gasteiger partial charge in [0.15, 0.2) is 0 Å². The molecular formula is C34H49N5OS. The first kappa shape index (κ1) is 30.2. The van der Waals surface area contributed by atoms with Gasteiger partial charge >= 0.3 is 0 Å². The molecule has 222 valence electrons. The van der Waals surface area contributed by atoms with E-state index >= 15 is 0 Å². The van der Waals surface area contributed by atoms with Crippen LogP contribution in [0.2, 0.25) is 0 Å². The summed E-state index contributed by atoms with van der Waals surface area (Å²) in [6.07, 6.45) is 11.7. The number of hydrogen-bond donors (Lipinski definition) is 0. The van der Waals surface area contributed by atoms with Crippen molar-refractivity contribution in [1.29, 1.82) is 0 Å². The third-order valence-electron chi connectivity index (χ3n) is 9.41. The average molecular weight is 576 g/mol. The smallest absolute Gasteiger partial charge is 0.128 e. The molecule has 0 aliphatic carbocycles. The third-order valence-corrected chi connectivity index (χ3v) is 10.8. The second kappa shape index (κ2) is 12.6. The summed E-state index contributed by atoms with van der Waals surface area (Å²) >= 11 is 2.04. The van der Waals surface area contributed by atoms with E-state index in [1.165, 1.54) is 47.4 Å². The number of thioether (sulfide) groups is 1. The Bertz CT molecular complexity index is 1350. The van der Waals surface area contributed by atoms with Crippen LogP contribution in [0.3, 0.4) is 0 Å². The highest BCUT2D eigenvalue weighted by molar-refractivity contribution is 8.15. The molecule has 0 bridgehead atoms. The third kappa shape index (κ3) is 6.89. The van der Waals surface area contributed by atoms with E-state index in [-0.39, 0.29) is 17.1 Å². The molecule has 0 spiro atoms. The van der Waals surface area contributed by atoms with Gasteiger partial charge < -0.3 is 9.30 Å². The maximum absolute atomic E-state index is 6.01. The lowest BCUT2D eigenvalue weighted by atomic mass is 9.77. The van der Waals surface area contributed by atoms with Gasteiger partial charge in [0, 0.05) is 37.2 Å². The molecule has 1 saturated heterocycles. The first-order chi connectivity index (χ1) is 19.6. The molecule has 1 fully saturated rings. The number of benzene rings is 1. The molecule has 0 radical (unpaired) electrons. The molecular weight excluding hydrogens is 526 g/mol. The predicted molar refractivity (Wildman–Crippen MR) is 173 cm³/mol. The number of likely N-dealkylation sites (tertiary alicyclic amines) is 1. The quantitative estimate of drug-likeness (QED) is 0.279. The molecule has 41 heavy (non-hydrogen) atoms. The monoisotopic (exact) mass is 575 g/mol. The first-order valence-electron chi connectivity index (χ1n) is 15.5. The zero-order valence-corrected chi connectivity index (χ0v) is 27.0. The van der Waals surface area contributed by atoms with Gasteiger partial charge in [0.05, 0.1) is 41.7 Å². The van der Waals surface area contributed by atoms with Crippen molar-refractivity contribution < 1.29 is 4.74 Å². The van der Waals surface area contributed by atoms with Crippen molar-refractivity contribution >= 4 is 27.8 Å². The summed E-state index contributed by atoms with van der Waals surface area (Å²) in [6.45, 7) is 17.8. The Hall–Kier alpha value is -2.22. The van der Waals surface area contributed by atoms with Crippen LogP contribution in [0.4, 0.5) is 0 Å². The highest BCUT2D eigenvalue weighted by atomic mass is 32.2. The molecule has 2 aromatic heterocycles. The number of rotatable bonds is 8. The number of ether oxygens (including phenoxy) is 1. The fraction of sp³-hybridized carbons (Fsp3) is 0.618. The average Bonchev–Trinajstić information content (AvgIpc) is 3.59. The Morgan fingerprint density at radius 1 is 1.05 bits per heavy atom. The van der Waals surface area contributed by atoms with E-state index in [9.17, 15) is 0 Å². The Morgan fingerprint density at radius 3 is 2.46 bits per heavy atom. The summed E-state index contributed by atoms with van der Waals surface area (Å²) in [5, 5.41) is 1.83. The van der Waals surface area contributed by atoms with E-state index in [4.69, 9.17) is 9.73 Å². The first-order valence-corrected chi connectivity index (χ1v) is 16.4. The lowest BCUT2D eigenvalue weighted by Gasteiger charge is -2.34. The standard InChI is InChI=1S/C34H49N5OS/c1-8-34(5,6)27-18-25(17-26(19-27)33(2,3)4)32-36-21-30(41-32)24-11-9-15-38(16-10-12-24)31(40-7)22-39-23-37-28-13-14-35-20-29(28)39/h13-14,17-20,23-24,30-31H,8-12,15-16,21-22H2,1-7H3. The zero-order valence-electron chi connectivity index (χ0n) is 26.2. The molecule has 2 aliphatic rings. The van der Waals surface area contributed by atoms with Gasteiger partial charge in [-0.3, -0.25) is 14.9 Å². The van der Waals surface area contributed by atoms with Crippen LogP contribution >= 0.6 is 11.8 Å². The second-order valence-electron chi connectivity index (χ2n) is 13.6. The molecule has 7 heteroatoms. The lowest BCUT2D eigenvalue weighted by Crippen LogP contribution is -2.42. The van der Waals surface area contributed by atoms with Gasteiger partial charge in [-0.25, -0.2) is 4.98 Å². The number of fused-ring (bicyclic) bond motifs is 1. The van der Waals surface area contributed by atoms with Gasteiger partial charge in [0.25, 0.3) is 0 Å². The van der Waals surface area contributed by atoms with Crippen molar-refractivity contribution in [2.45, 2.75) is 102 Å². The number of methoxy groups -OCH3 is 1. The highest BCUT2D eigenvalue weighted by Crippen LogP contribution is 2.39. The minimum Gasteiger partial charge on any atom is -0.364 e. The molecule has 4 heterocycles. The predicted octanol–water partition coefficient (Wildman–Crippen LogP) is 7.44. The molecule has 2 atom stereocenters. The van der Waals surface area contributed by atoms with Crippen molar-refractivity contribution in [3.63, 3.8) is 0 Å². The summed E-state index contributed by atoms with van der Waals surface area (Å²) in [7, 11) is 1.83. The number of hydrogen-bond acceptors (Lipinski definition) is 6. The van der Waals surface area contributed by atoms with Crippen molar-refractivity contribution in [2.24, 2.45) is 10.9 Å². The maximum Gasteiger partial charge on any atom is 0.128 e. The maximum atomic E-state index is 6.01. The van der Waals surface area contributed by atoms with Crippen LogP contribution in [0.5, 0.6) is 0 Å². The van der Waals surface area contributed by atoms with Crippen LogP contribution in [-0.4, -0.2) is 62.7 Å². The van der Waals surface area contributed by atoms with Gasteiger partial charge in [-0.2, -0.15) is 0 Å². The summed E-state index contributed by atoms with van der Waals surface area (Å²) in [4.78, 5) is 16.5. The molecule has 0 amide bonds. The second-order valence-corrected chi connectivity index (χ2v) is 14.8. The summed E-state index contributed by atoms with van der Waals surface area (Å²) in [5.74, 6) is 0.713. The fourth-order valence-corrected chi connectivity index (χ4v) is 7.46. The highest BCUT2D eigenvalue weighted by Gasteiger charge is 2.32. The SMILES string of the molecule is CCC(C)(C)c1cc(C2=NCC(C3CCCN(C(Cn4cnc5ccncc54)OC)CCC3)S2)cc(C(C)(C)C)c1. The molecule has 0 N–H and O–H groups in total. The van der Waals surface area contributed by atoms with Gasteiger partial charge in [-0.05, 0) is 78.2 Å². The number of aromatic nitrogens is 3. The van der Waals surface area contributed by atoms with Crippen molar-refractivity contribution in [1.82, 2.24) is 19.4 Å². The molecule has 6 nitrogen and oxygen atoms in total. The molecule has 1 aromatic carbocycles. The lowest BCUT2D eigenvalue weighted by molar-refractivity contribution is -0.0470. The van der Waals surface area contributed by atoms with Gasteiger partial charge in [0.1, 0.15) is 6.23 Å². The summed E-state index contributed by atoms with van der Waals surface area (Å²) in [5.41, 5.74) is 6.50. The topological polar surface area (TPSA) is 55.5 Å². The van der Waals surface area contributed by atoms with Crippen LogP contribution in [0, 0.1) is 5.92 Å². The van der Waals surface area contributed by atoms with Gasteiger partial charge in [0.2, 0.25) is 0 Å². The van der Waals surface area contributed by atoms with Gasteiger partial charge in [-0.15, -0.1) is 11.8 Å². The van der Waals surface area contributed by atoms with E-state index in [2.05, 4.69) is 79.2 Å². The minimum atomic E-state index is 0.0385. The van der Waals surface area contributed by atoms with E-state index < -0.39 is 0 Å².